The number of H-pyrrole nitrogens is 1. The summed E-state index contributed by atoms with van der Waals surface area (Å²) in [5, 5.41) is 10.8. The zero-order valence-corrected chi connectivity index (χ0v) is 12.7. The molecule has 2 aromatic carbocycles. The number of amides is 1. The van der Waals surface area contributed by atoms with Gasteiger partial charge >= 0.3 is 0 Å². The zero-order chi connectivity index (χ0) is 16.1. The van der Waals surface area contributed by atoms with E-state index in [0.717, 1.165) is 22.4 Å². The Kier molecular flexibility index (Phi) is 4.29. The van der Waals surface area contributed by atoms with Crippen LogP contribution in [0.5, 0.6) is 0 Å². The highest BCUT2D eigenvalue weighted by Gasteiger charge is 2.09. The zero-order valence-electron chi connectivity index (χ0n) is 12.7. The largest absolute Gasteiger partial charge is 0.289 e. The molecule has 23 heavy (non-hydrogen) atoms. The van der Waals surface area contributed by atoms with Crippen molar-refractivity contribution in [2.75, 3.05) is 0 Å². The van der Waals surface area contributed by atoms with Crippen LogP contribution in [-0.2, 0) is 0 Å². The highest BCUT2D eigenvalue weighted by Crippen LogP contribution is 2.16. The molecule has 0 radical (unpaired) electrons. The number of hydrazone groups is 1. The number of nitrogens with one attached hydrogen (secondary N) is 2. The first-order chi connectivity index (χ1) is 11.2. The Labute approximate surface area is 134 Å². The molecule has 0 aliphatic carbocycles. The van der Waals surface area contributed by atoms with Gasteiger partial charge in [0, 0.05) is 5.56 Å². The van der Waals surface area contributed by atoms with Crippen molar-refractivity contribution < 1.29 is 4.79 Å². The van der Waals surface area contributed by atoms with E-state index in [2.05, 4.69) is 20.7 Å². The summed E-state index contributed by atoms with van der Waals surface area (Å²) in [6.07, 6.45) is 1.61. The van der Waals surface area contributed by atoms with E-state index in [-0.39, 0.29) is 5.91 Å². The van der Waals surface area contributed by atoms with E-state index in [0.29, 0.717) is 5.69 Å². The van der Waals surface area contributed by atoms with E-state index in [1.165, 1.54) is 0 Å². The molecule has 0 aliphatic heterocycles. The summed E-state index contributed by atoms with van der Waals surface area (Å²) < 4.78 is 0. The number of carbonyl (C=O) groups is 1. The van der Waals surface area contributed by atoms with Gasteiger partial charge in [-0.1, -0.05) is 60.2 Å². The van der Waals surface area contributed by atoms with Gasteiger partial charge in [0.05, 0.1) is 11.9 Å². The second-order valence-electron chi connectivity index (χ2n) is 5.15. The summed E-state index contributed by atoms with van der Waals surface area (Å²) in [5.41, 5.74) is 6.60. The van der Waals surface area contributed by atoms with Crippen LogP contribution in [0.2, 0.25) is 0 Å². The summed E-state index contributed by atoms with van der Waals surface area (Å²) >= 11 is 0. The van der Waals surface area contributed by atoms with Crippen LogP contribution in [0.15, 0.2) is 65.8 Å². The van der Waals surface area contributed by atoms with Gasteiger partial charge in [-0.15, -0.1) is 0 Å². The fourth-order valence-corrected chi connectivity index (χ4v) is 2.17. The van der Waals surface area contributed by atoms with E-state index in [1.807, 2.05) is 61.5 Å². The van der Waals surface area contributed by atoms with Gasteiger partial charge < -0.3 is 0 Å². The fraction of sp³-hybridized carbons (Fsp3) is 0.0556. The molecule has 0 fully saturated rings. The highest BCUT2D eigenvalue weighted by atomic mass is 16.2. The van der Waals surface area contributed by atoms with Crippen LogP contribution in [0.25, 0.3) is 11.3 Å². The summed E-state index contributed by atoms with van der Waals surface area (Å²) in [4.78, 5) is 12.1. The van der Waals surface area contributed by atoms with Crippen LogP contribution in [0.1, 0.15) is 21.6 Å². The molecule has 1 heterocycles. The first-order valence-corrected chi connectivity index (χ1v) is 7.23. The van der Waals surface area contributed by atoms with Gasteiger partial charge in [0.2, 0.25) is 0 Å². The minimum atomic E-state index is -0.330. The maximum absolute atomic E-state index is 12.1. The molecule has 2 N–H and O–H groups in total. The van der Waals surface area contributed by atoms with Crippen molar-refractivity contribution in [2.24, 2.45) is 5.10 Å². The molecule has 0 spiro atoms. The number of aromatic nitrogens is 2. The van der Waals surface area contributed by atoms with E-state index in [9.17, 15) is 4.79 Å². The number of benzene rings is 2. The number of nitrogens with zero attached hydrogens (tertiary/aromatic N) is 2. The molecule has 3 rings (SSSR count). The van der Waals surface area contributed by atoms with Crippen molar-refractivity contribution >= 4 is 12.1 Å². The summed E-state index contributed by atoms with van der Waals surface area (Å²) in [6, 6.07) is 19.2. The smallest absolute Gasteiger partial charge is 0.272 e. The van der Waals surface area contributed by atoms with Gasteiger partial charge in [-0.2, -0.15) is 10.2 Å². The molecule has 0 bridgehead atoms. The molecule has 114 valence electrons. The number of hydrogen-bond acceptors (Lipinski definition) is 3. The lowest BCUT2D eigenvalue weighted by Gasteiger charge is -1.97. The second-order valence-corrected chi connectivity index (χ2v) is 5.15. The van der Waals surface area contributed by atoms with Crippen LogP contribution in [0.3, 0.4) is 0 Å². The molecule has 0 saturated carbocycles. The van der Waals surface area contributed by atoms with Gasteiger partial charge in [0.15, 0.2) is 0 Å². The molecular weight excluding hydrogens is 288 g/mol. The molecule has 5 nitrogen and oxygen atoms in total. The molecule has 0 saturated heterocycles. The number of aromatic amines is 1. The Balaban J connectivity index is 1.66. The van der Waals surface area contributed by atoms with Crippen LogP contribution < -0.4 is 5.43 Å². The molecule has 3 aromatic rings. The molecule has 1 amide bonds. The lowest BCUT2D eigenvalue weighted by molar-refractivity contribution is 0.0950. The average Bonchev–Trinajstić information content (AvgIpc) is 3.06. The first kappa shape index (κ1) is 14.7. The number of hydrogen-bond donors (Lipinski definition) is 2. The Hall–Kier alpha value is -3.21. The van der Waals surface area contributed by atoms with Crippen LogP contribution in [-0.4, -0.2) is 22.3 Å². The Bertz CT molecular complexity index is 837. The van der Waals surface area contributed by atoms with Gasteiger partial charge in [-0.3, -0.25) is 9.89 Å². The van der Waals surface area contributed by atoms with Gasteiger partial charge in [-0.25, -0.2) is 5.43 Å². The predicted octanol–water partition coefficient (Wildman–Crippen LogP) is 3.15. The SMILES string of the molecule is Cc1cccc(/C=N/NC(=O)c2cc(-c3ccccc3)n[nH]2)c1. The summed E-state index contributed by atoms with van der Waals surface area (Å²) in [6.45, 7) is 2.01. The quantitative estimate of drug-likeness (QED) is 0.574. The third kappa shape index (κ3) is 3.71. The Morgan fingerprint density at radius 3 is 2.74 bits per heavy atom. The topological polar surface area (TPSA) is 70.1 Å². The molecule has 1 aromatic heterocycles. The van der Waals surface area contributed by atoms with Gasteiger partial charge in [0.25, 0.3) is 5.91 Å². The van der Waals surface area contributed by atoms with Crippen molar-refractivity contribution in [3.8, 4) is 11.3 Å². The van der Waals surface area contributed by atoms with Crippen molar-refractivity contribution in [1.29, 1.82) is 0 Å². The van der Waals surface area contributed by atoms with Gasteiger partial charge in [0.1, 0.15) is 5.69 Å². The Morgan fingerprint density at radius 2 is 1.96 bits per heavy atom. The molecule has 0 atom stereocenters. The predicted molar refractivity (Wildman–Crippen MR) is 90.3 cm³/mol. The third-order valence-corrected chi connectivity index (χ3v) is 3.31. The van der Waals surface area contributed by atoms with Crippen LogP contribution in [0, 0.1) is 6.92 Å². The lowest BCUT2D eigenvalue weighted by atomic mass is 10.1. The van der Waals surface area contributed by atoms with Crippen molar-refractivity contribution in [3.63, 3.8) is 0 Å². The third-order valence-electron chi connectivity index (χ3n) is 3.31. The van der Waals surface area contributed by atoms with Crippen molar-refractivity contribution in [1.82, 2.24) is 15.6 Å². The molecule has 0 aliphatic rings. The maximum atomic E-state index is 12.1. The second kappa shape index (κ2) is 6.70. The summed E-state index contributed by atoms with van der Waals surface area (Å²) in [5.74, 6) is -0.330. The normalized spacial score (nSPS) is 10.8. The average molecular weight is 304 g/mol. The van der Waals surface area contributed by atoms with Crippen LogP contribution in [0.4, 0.5) is 0 Å². The van der Waals surface area contributed by atoms with E-state index in [4.69, 9.17) is 0 Å². The van der Waals surface area contributed by atoms with E-state index >= 15 is 0 Å². The van der Waals surface area contributed by atoms with Crippen LogP contribution >= 0.6 is 0 Å². The summed E-state index contributed by atoms with van der Waals surface area (Å²) in [7, 11) is 0. The van der Waals surface area contributed by atoms with Crippen molar-refractivity contribution in [2.45, 2.75) is 6.92 Å². The fourth-order valence-electron chi connectivity index (χ4n) is 2.17. The Morgan fingerprint density at radius 1 is 1.13 bits per heavy atom. The minimum absolute atomic E-state index is 0.330. The molecular formula is C18H16N4O. The number of rotatable bonds is 4. The monoisotopic (exact) mass is 304 g/mol. The van der Waals surface area contributed by atoms with E-state index < -0.39 is 0 Å². The molecule has 5 heteroatoms. The van der Waals surface area contributed by atoms with E-state index in [1.54, 1.807) is 12.3 Å². The molecule has 0 unspecified atom stereocenters. The van der Waals surface area contributed by atoms with Gasteiger partial charge in [-0.05, 0) is 18.6 Å². The minimum Gasteiger partial charge on any atom is -0.272 e. The number of carbonyl (C=O) groups excluding carboxylic acids is 1. The van der Waals surface area contributed by atoms with Crippen molar-refractivity contribution in [3.05, 3.63) is 77.5 Å². The first-order valence-electron chi connectivity index (χ1n) is 7.23. The lowest BCUT2D eigenvalue weighted by Crippen LogP contribution is -2.18. The number of aryl methyl sites for hydroxylation is 1. The maximum Gasteiger partial charge on any atom is 0.289 e. The highest BCUT2D eigenvalue weighted by molar-refractivity contribution is 5.94. The standard InChI is InChI=1S/C18H16N4O/c1-13-6-5-7-14(10-13)12-19-22-18(23)17-11-16(20-21-17)15-8-3-2-4-9-15/h2-12H,1H3,(H,20,21)(H,22,23)/b19-12+.